The van der Waals surface area contributed by atoms with Gasteiger partial charge in [0.25, 0.3) is 0 Å². The molecule has 1 saturated heterocycles. The monoisotopic (exact) mass is 492 g/mol. The third kappa shape index (κ3) is 5.84. The van der Waals surface area contributed by atoms with Crippen LogP contribution < -0.4 is 14.8 Å². The van der Waals surface area contributed by atoms with Crippen LogP contribution in [0.5, 0.6) is 11.5 Å². The first-order chi connectivity index (χ1) is 15.0. The van der Waals surface area contributed by atoms with Crippen molar-refractivity contribution in [3.8, 4) is 11.5 Å². The van der Waals surface area contributed by atoms with Gasteiger partial charge in [-0.05, 0) is 49.2 Å². The molecule has 32 heavy (non-hydrogen) atoms. The molecule has 1 aliphatic rings. The van der Waals surface area contributed by atoms with Crippen molar-refractivity contribution in [2.75, 3.05) is 25.5 Å². The zero-order chi connectivity index (χ0) is 23.5. The number of benzene rings is 2. The number of ether oxygens (including phenoxy) is 2. The molecule has 1 amide bonds. The molecule has 0 aliphatic carbocycles. The van der Waals surface area contributed by atoms with Crippen LogP contribution in [0.25, 0.3) is 0 Å². The number of halogens is 4. The standard InChI is InChI=1S/C20H20ClF3N2O5S/c1-30-16-6-7-18(17(21)12-16)32(28,29)26-10-8-13(9-11-26)19(27)25-14-2-4-15(5-3-14)31-20(22,23)24/h2-7,12-13H,8-11H2,1H3,(H,25,27). The zero-order valence-electron chi connectivity index (χ0n) is 16.9. The summed E-state index contributed by atoms with van der Waals surface area (Å²) in [6.07, 6.45) is -4.22. The third-order valence-corrected chi connectivity index (χ3v) is 7.32. The molecular weight excluding hydrogens is 473 g/mol. The summed E-state index contributed by atoms with van der Waals surface area (Å²) < 4.78 is 72.6. The molecule has 1 heterocycles. The smallest absolute Gasteiger partial charge is 0.497 e. The molecule has 1 fully saturated rings. The second-order valence-corrected chi connectivity index (χ2v) is 9.35. The normalized spacial score (nSPS) is 15.9. The highest BCUT2D eigenvalue weighted by Gasteiger charge is 2.33. The van der Waals surface area contributed by atoms with Gasteiger partial charge in [-0.3, -0.25) is 4.79 Å². The van der Waals surface area contributed by atoms with Crippen molar-refractivity contribution in [3.05, 3.63) is 47.5 Å². The van der Waals surface area contributed by atoms with Gasteiger partial charge < -0.3 is 14.8 Å². The van der Waals surface area contributed by atoms with Crippen LogP contribution in [0.2, 0.25) is 5.02 Å². The Labute approximate surface area is 188 Å². The van der Waals surface area contributed by atoms with Gasteiger partial charge in [0.1, 0.15) is 16.4 Å². The number of hydrogen-bond donors (Lipinski definition) is 1. The number of amides is 1. The lowest BCUT2D eigenvalue weighted by atomic mass is 9.97. The second-order valence-electron chi connectivity index (χ2n) is 7.04. The average molecular weight is 493 g/mol. The quantitative estimate of drug-likeness (QED) is 0.650. The van der Waals surface area contributed by atoms with E-state index in [-0.39, 0.29) is 41.8 Å². The molecule has 0 radical (unpaired) electrons. The highest BCUT2D eigenvalue weighted by molar-refractivity contribution is 7.89. The summed E-state index contributed by atoms with van der Waals surface area (Å²) in [5.41, 5.74) is 0.310. The number of sulfonamides is 1. The molecule has 0 unspecified atom stereocenters. The van der Waals surface area contributed by atoms with Crippen molar-refractivity contribution >= 4 is 33.2 Å². The Morgan fingerprint density at radius 2 is 1.69 bits per heavy atom. The number of alkyl halides is 3. The summed E-state index contributed by atoms with van der Waals surface area (Å²) in [6.45, 7) is 0.252. The Hall–Kier alpha value is -2.50. The fraction of sp³-hybridized carbons (Fsp3) is 0.350. The molecule has 2 aromatic carbocycles. The second kappa shape index (κ2) is 9.55. The first-order valence-electron chi connectivity index (χ1n) is 9.50. The number of carbonyl (C=O) groups is 1. The predicted molar refractivity (Wildman–Crippen MR) is 111 cm³/mol. The Kier molecular flexibility index (Phi) is 7.21. The van der Waals surface area contributed by atoms with E-state index < -0.39 is 28.1 Å². The van der Waals surface area contributed by atoms with Gasteiger partial charge in [-0.1, -0.05) is 11.6 Å². The van der Waals surface area contributed by atoms with Gasteiger partial charge in [0, 0.05) is 30.8 Å². The van der Waals surface area contributed by atoms with Crippen LogP contribution in [-0.4, -0.2) is 45.2 Å². The van der Waals surface area contributed by atoms with E-state index in [1.165, 1.54) is 41.7 Å². The van der Waals surface area contributed by atoms with Crippen LogP contribution in [-0.2, 0) is 14.8 Å². The number of nitrogens with one attached hydrogen (secondary N) is 1. The van der Waals surface area contributed by atoms with Crippen LogP contribution in [0.3, 0.4) is 0 Å². The van der Waals surface area contributed by atoms with Crippen molar-refractivity contribution in [1.82, 2.24) is 4.31 Å². The number of piperidine rings is 1. The van der Waals surface area contributed by atoms with E-state index in [9.17, 15) is 26.4 Å². The number of hydrogen-bond acceptors (Lipinski definition) is 5. The molecule has 0 saturated carbocycles. The Morgan fingerprint density at radius 1 is 1.09 bits per heavy atom. The molecule has 3 rings (SSSR count). The van der Waals surface area contributed by atoms with Crippen molar-refractivity contribution in [3.63, 3.8) is 0 Å². The lowest BCUT2D eigenvalue weighted by molar-refractivity contribution is -0.274. The molecule has 0 bridgehead atoms. The summed E-state index contributed by atoms with van der Waals surface area (Å²) >= 11 is 6.11. The molecule has 1 N–H and O–H groups in total. The van der Waals surface area contributed by atoms with Crippen LogP contribution in [0.4, 0.5) is 18.9 Å². The van der Waals surface area contributed by atoms with Crippen LogP contribution in [0.1, 0.15) is 12.8 Å². The SMILES string of the molecule is COc1ccc(S(=O)(=O)N2CCC(C(=O)Nc3ccc(OC(F)(F)F)cc3)CC2)c(Cl)c1. The summed E-state index contributed by atoms with van der Waals surface area (Å²) in [7, 11) is -2.39. The number of anilines is 1. The topological polar surface area (TPSA) is 84.9 Å². The molecule has 12 heteroatoms. The fourth-order valence-electron chi connectivity index (χ4n) is 3.30. The Morgan fingerprint density at radius 3 is 2.22 bits per heavy atom. The zero-order valence-corrected chi connectivity index (χ0v) is 18.4. The van der Waals surface area contributed by atoms with Gasteiger partial charge in [0.2, 0.25) is 15.9 Å². The van der Waals surface area contributed by atoms with E-state index in [4.69, 9.17) is 16.3 Å². The van der Waals surface area contributed by atoms with E-state index in [1.807, 2.05) is 0 Å². The third-order valence-electron chi connectivity index (χ3n) is 4.94. The van der Waals surface area contributed by atoms with E-state index in [2.05, 4.69) is 10.1 Å². The lowest BCUT2D eigenvalue weighted by Crippen LogP contribution is -2.41. The fourth-order valence-corrected chi connectivity index (χ4v) is 5.28. The van der Waals surface area contributed by atoms with Crippen molar-refractivity contribution in [1.29, 1.82) is 0 Å². The van der Waals surface area contributed by atoms with Crippen LogP contribution >= 0.6 is 11.6 Å². The molecule has 2 aromatic rings. The largest absolute Gasteiger partial charge is 0.573 e. The first-order valence-corrected chi connectivity index (χ1v) is 11.3. The maximum atomic E-state index is 12.9. The molecular formula is C20H20ClF3N2O5S. The molecule has 7 nitrogen and oxygen atoms in total. The molecule has 174 valence electrons. The van der Waals surface area contributed by atoms with Gasteiger partial charge in [-0.15, -0.1) is 13.2 Å². The number of nitrogens with zero attached hydrogens (tertiary/aromatic N) is 1. The Balaban J connectivity index is 1.58. The minimum absolute atomic E-state index is 0.0379. The van der Waals surface area contributed by atoms with E-state index in [0.29, 0.717) is 11.4 Å². The number of carbonyl (C=O) groups excluding carboxylic acids is 1. The number of rotatable bonds is 6. The molecule has 0 spiro atoms. The highest BCUT2D eigenvalue weighted by atomic mass is 35.5. The van der Waals surface area contributed by atoms with Crippen molar-refractivity contribution in [2.45, 2.75) is 24.1 Å². The summed E-state index contributed by atoms with van der Waals surface area (Å²) in [4.78, 5) is 12.5. The van der Waals surface area contributed by atoms with E-state index in [0.717, 1.165) is 12.1 Å². The van der Waals surface area contributed by atoms with Crippen molar-refractivity contribution < 1.29 is 35.9 Å². The minimum atomic E-state index is -4.80. The average Bonchev–Trinajstić information content (AvgIpc) is 2.74. The van der Waals surface area contributed by atoms with Gasteiger partial charge in [-0.2, -0.15) is 4.31 Å². The molecule has 1 aliphatic heterocycles. The van der Waals surface area contributed by atoms with Gasteiger partial charge in [0.15, 0.2) is 0 Å². The van der Waals surface area contributed by atoms with E-state index in [1.54, 1.807) is 0 Å². The van der Waals surface area contributed by atoms with Crippen LogP contribution in [0, 0.1) is 5.92 Å². The lowest BCUT2D eigenvalue weighted by Gasteiger charge is -2.30. The minimum Gasteiger partial charge on any atom is -0.497 e. The van der Waals surface area contributed by atoms with Crippen molar-refractivity contribution in [2.24, 2.45) is 5.92 Å². The van der Waals surface area contributed by atoms with E-state index >= 15 is 0 Å². The first kappa shape index (κ1) is 24.1. The van der Waals surface area contributed by atoms with Crippen LogP contribution in [0.15, 0.2) is 47.4 Å². The van der Waals surface area contributed by atoms with Gasteiger partial charge in [0.05, 0.1) is 12.1 Å². The van der Waals surface area contributed by atoms with Gasteiger partial charge >= 0.3 is 6.36 Å². The maximum absolute atomic E-state index is 12.9. The summed E-state index contributed by atoms with van der Waals surface area (Å²) in [5.74, 6) is -0.749. The maximum Gasteiger partial charge on any atom is 0.573 e. The highest BCUT2D eigenvalue weighted by Crippen LogP contribution is 2.31. The predicted octanol–water partition coefficient (Wildman–Crippen LogP) is 4.29. The summed E-state index contributed by atoms with van der Waals surface area (Å²) in [6, 6.07) is 9.08. The number of methoxy groups -OCH3 is 1. The molecule has 0 aromatic heterocycles. The summed E-state index contributed by atoms with van der Waals surface area (Å²) in [5, 5.41) is 2.67. The Bertz CT molecular complexity index is 1070. The van der Waals surface area contributed by atoms with Gasteiger partial charge in [-0.25, -0.2) is 8.42 Å². The molecule has 0 atom stereocenters.